The fourth-order valence-corrected chi connectivity index (χ4v) is 1.10. The van der Waals surface area contributed by atoms with Gasteiger partial charge in [-0.15, -0.1) is 0 Å². The second-order valence-electron chi connectivity index (χ2n) is 2.51. The van der Waals surface area contributed by atoms with Crippen LogP contribution < -0.4 is 0 Å². The molecule has 0 saturated heterocycles. The van der Waals surface area contributed by atoms with Gasteiger partial charge in [-0.05, 0) is 12.5 Å². The van der Waals surface area contributed by atoms with Gasteiger partial charge in [-0.1, -0.05) is 18.5 Å². The lowest BCUT2D eigenvalue weighted by atomic mass is 10.2. The van der Waals surface area contributed by atoms with Crippen molar-refractivity contribution in [2.45, 2.75) is 19.5 Å². The van der Waals surface area contributed by atoms with Crippen LogP contribution in [0.1, 0.15) is 18.2 Å². The van der Waals surface area contributed by atoms with Crippen LogP contribution in [-0.4, -0.2) is 4.98 Å². The molecule has 0 bridgehead atoms. The van der Waals surface area contributed by atoms with Crippen molar-refractivity contribution in [3.8, 4) is 0 Å². The van der Waals surface area contributed by atoms with Gasteiger partial charge < -0.3 is 0 Å². The van der Waals surface area contributed by atoms with Gasteiger partial charge >= 0.3 is 6.18 Å². The SMILES string of the molecule is CCc1cc(C(F)(F)F)c(Cl)cn1. The summed E-state index contributed by atoms with van der Waals surface area (Å²) in [6.45, 7) is 1.73. The molecular formula is C8H7ClF3N. The van der Waals surface area contributed by atoms with Crippen molar-refractivity contribution in [1.29, 1.82) is 0 Å². The van der Waals surface area contributed by atoms with Gasteiger partial charge in [-0.2, -0.15) is 13.2 Å². The van der Waals surface area contributed by atoms with Crippen LogP contribution in [0.15, 0.2) is 12.3 Å². The topological polar surface area (TPSA) is 12.9 Å². The Kier molecular flexibility index (Phi) is 2.81. The predicted molar refractivity (Wildman–Crippen MR) is 43.6 cm³/mol. The molecule has 0 fully saturated rings. The van der Waals surface area contributed by atoms with Gasteiger partial charge in [-0.25, -0.2) is 0 Å². The van der Waals surface area contributed by atoms with Crippen molar-refractivity contribution < 1.29 is 13.2 Å². The average molecular weight is 210 g/mol. The van der Waals surface area contributed by atoms with Crippen molar-refractivity contribution in [1.82, 2.24) is 4.98 Å². The van der Waals surface area contributed by atoms with Crippen molar-refractivity contribution in [3.05, 3.63) is 28.5 Å². The average Bonchev–Trinajstić information content (AvgIpc) is 2.03. The number of halogens is 4. The molecule has 1 nitrogen and oxygen atoms in total. The van der Waals surface area contributed by atoms with Crippen molar-refractivity contribution >= 4 is 11.6 Å². The Labute approximate surface area is 78.5 Å². The summed E-state index contributed by atoms with van der Waals surface area (Å²) >= 11 is 5.36. The summed E-state index contributed by atoms with van der Waals surface area (Å²) in [5, 5.41) is -0.357. The third-order valence-electron chi connectivity index (χ3n) is 1.58. The maximum absolute atomic E-state index is 12.3. The Bertz CT molecular complexity index is 309. The minimum Gasteiger partial charge on any atom is -0.260 e. The van der Waals surface area contributed by atoms with E-state index in [-0.39, 0.29) is 5.02 Å². The van der Waals surface area contributed by atoms with Crippen LogP contribution in [0.4, 0.5) is 13.2 Å². The number of nitrogens with zero attached hydrogens (tertiary/aromatic N) is 1. The van der Waals surface area contributed by atoms with Crippen LogP contribution >= 0.6 is 11.6 Å². The lowest BCUT2D eigenvalue weighted by Gasteiger charge is -2.09. The van der Waals surface area contributed by atoms with Gasteiger partial charge in [0.25, 0.3) is 0 Å². The number of hydrogen-bond acceptors (Lipinski definition) is 1. The van der Waals surface area contributed by atoms with Gasteiger partial charge in [0.05, 0.1) is 10.6 Å². The molecule has 72 valence electrons. The molecule has 1 aromatic heterocycles. The van der Waals surface area contributed by atoms with E-state index in [9.17, 15) is 13.2 Å². The molecular weight excluding hydrogens is 203 g/mol. The molecule has 5 heteroatoms. The van der Waals surface area contributed by atoms with E-state index >= 15 is 0 Å². The monoisotopic (exact) mass is 209 g/mol. The second kappa shape index (κ2) is 3.54. The molecule has 0 N–H and O–H groups in total. The first-order chi connectivity index (χ1) is 5.95. The Morgan fingerprint density at radius 3 is 2.54 bits per heavy atom. The van der Waals surface area contributed by atoms with Crippen molar-refractivity contribution in [2.75, 3.05) is 0 Å². The van der Waals surface area contributed by atoms with Crippen LogP contribution in [0.3, 0.4) is 0 Å². The quantitative estimate of drug-likeness (QED) is 0.692. The molecule has 0 saturated carbocycles. The Hall–Kier alpha value is -0.770. The maximum Gasteiger partial charge on any atom is 0.417 e. The van der Waals surface area contributed by atoms with E-state index in [0.717, 1.165) is 12.3 Å². The van der Waals surface area contributed by atoms with E-state index in [2.05, 4.69) is 4.98 Å². The zero-order chi connectivity index (χ0) is 10.1. The summed E-state index contributed by atoms with van der Waals surface area (Å²) in [5.41, 5.74) is -0.433. The number of pyridine rings is 1. The second-order valence-corrected chi connectivity index (χ2v) is 2.91. The molecule has 0 unspecified atom stereocenters. The summed E-state index contributed by atoms with van der Waals surface area (Å²) in [4.78, 5) is 3.74. The molecule has 0 spiro atoms. The summed E-state index contributed by atoms with van der Waals surface area (Å²) in [6.07, 6.45) is -2.91. The first-order valence-corrected chi connectivity index (χ1v) is 4.04. The van der Waals surface area contributed by atoms with Crippen molar-refractivity contribution in [3.63, 3.8) is 0 Å². The minimum atomic E-state index is -4.40. The molecule has 0 aromatic carbocycles. The fraction of sp³-hybridized carbons (Fsp3) is 0.375. The highest BCUT2D eigenvalue weighted by Gasteiger charge is 2.33. The third kappa shape index (κ3) is 2.34. The third-order valence-corrected chi connectivity index (χ3v) is 1.88. The zero-order valence-corrected chi connectivity index (χ0v) is 7.58. The molecule has 1 rings (SSSR count). The minimum absolute atomic E-state index is 0.357. The zero-order valence-electron chi connectivity index (χ0n) is 6.82. The largest absolute Gasteiger partial charge is 0.417 e. The van der Waals surface area contributed by atoms with Crippen molar-refractivity contribution in [2.24, 2.45) is 0 Å². The van der Waals surface area contributed by atoms with E-state index in [1.807, 2.05) is 0 Å². The predicted octanol–water partition coefficient (Wildman–Crippen LogP) is 3.32. The highest BCUT2D eigenvalue weighted by atomic mass is 35.5. The molecule has 0 aliphatic heterocycles. The van der Waals surface area contributed by atoms with Crippen LogP contribution in [-0.2, 0) is 12.6 Å². The van der Waals surface area contributed by atoms with E-state index in [1.165, 1.54) is 0 Å². The van der Waals surface area contributed by atoms with Crippen LogP contribution in [0.2, 0.25) is 5.02 Å². The van der Waals surface area contributed by atoms with E-state index in [0.29, 0.717) is 12.1 Å². The number of aromatic nitrogens is 1. The molecule has 0 aliphatic carbocycles. The Morgan fingerprint density at radius 2 is 2.08 bits per heavy atom. The van der Waals surface area contributed by atoms with E-state index in [1.54, 1.807) is 6.92 Å². The van der Waals surface area contributed by atoms with Crippen LogP contribution in [0.5, 0.6) is 0 Å². The van der Waals surface area contributed by atoms with Crippen LogP contribution in [0.25, 0.3) is 0 Å². The van der Waals surface area contributed by atoms with Gasteiger partial charge in [-0.3, -0.25) is 4.98 Å². The molecule has 13 heavy (non-hydrogen) atoms. The first kappa shape index (κ1) is 10.3. The standard InChI is InChI=1S/C8H7ClF3N/c1-2-5-3-6(8(10,11)12)7(9)4-13-5/h3-4H,2H2,1H3. The van der Waals surface area contributed by atoms with E-state index in [4.69, 9.17) is 11.6 Å². The lowest BCUT2D eigenvalue weighted by molar-refractivity contribution is -0.137. The highest BCUT2D eigenvalue weighted by molar-refractivity contribution is 6.31. The molecule has 1 aromatic rings. The normalized spacial score (nSPS) is 11.8. The summed E-state index contributed by atoms with van der Waals surface area (Å²) in [7, 11) is 0. The molecule has 1 heterocycles. The number of hydrogen-bond donors (Lipinski definition) is 0. The first-order valence-electron chi connectivity index (χ1n) is 3.66. The van der Waals surface area contributed by atoms with Gasteiger partial charge in [0, 0.05) is 11.9 Å². The molecule has 0 aliphatic rings. The maximum atomic E-state index is 12.3. The fourth-order valence-electron chi connectivity index (χ4n) is 0.893. The lowest BCUT2D eigenvalue weighted by Crippen LogP contribution is -2.07. The smallest absolute Gasteiger partial charge is 0.260 e. The van der Waals surface area contributed by atoms with Gasteiger partial charge in [0.2, 0.25) is 0 Å². The van der Waals surface area contributed by atoms with Gasteiger partial charge in [0.1, 0.15) is 0 Å². The Morgan fingerprint density at radius 1 is 1.46 bits per heavy atom. The Balaban J connectivity index is 3.19. The summed E-state index contributed by atoms with van der Waals surface area (Å²) < 4.78 is 36.8. The summed E-state index contributed by atoms with van der Waals surface area (Å²) in [5.74, 6) is 0. The molecule has 0 radical (unpaired) electrons. The molecule has 0 amide bonds. The van der Waals surface area contributed by atoms with Crippen LogP contribution in [0, 0.1) is 0 Å². The summed E-state index contributed by atoms with van der Waals surface area (Å²) in [6, 6.07) is 0.975. The number of rotatable bonds is 1. The highest BCUT2D eigenvalue weighted by Crippen LogP contribution is 2.34. The number of aryl methyl sites for hydroxylation is 1. The van der Waals surface area contributed by atoms with E-state index < -0.39 is 11.7 Å². The van der Waals surface area contributed by atoms with Gasteiger partial charge in [0.15, 0.2) is 0 Å². The number of alkyl halides is 3. The molecule has 0 atom stereocenters.